The van der Waals surface area contributed by atoms with Crippen molar-refractivity contribution in [2.45, 2.75) is 6.61 Å². The largest absolute Gasteiger partial charge is 0.457 e. The number of thiophene rings is 1. The molecule has 102 valence electrons. The molecule has 1 aromatic heterocycles. The van der Waals surface area contributed by atoms with Crippen LogP contribution in [0.4, 0.5) is 0 Å². The van der Waals surface area contributed by atoms with Crippen molar-refractivity contribution in [1.29, 1.82) is 5.26 Å². The van der Waals surface area contributed by atoms with Gasteiger partial charge >= 0.3 is 5.97 Å². The number of ether oxygens (including phenoxy) is 1. The quantitative estimate of drug-likeness (QED) is 0.682. The van der Waals surface area contributed by atoms with Crippen molar-refractivity contribution in [3.63, 3.8) is 0 Å². The maximum absolute atomic E-state index is 12.1. The van der Waals surface area contributed by atoms with Crippen molar-refractivity contribution >= 4 is 27.4 Å². The van der Waals surface area contributed by atoms with Crippen LogP contribution < -0.4 is 0 Å². The first-order valence-corrected chi connectivity index (χ1v) is 7.22. The molecule has 0 N–H and O–H groups in total. The molecule has 0 atom stereocenters. The maximum atomic E-state index is 12.1. The second kappa shape index (κ2) is 5.78. The standard InChI is InChI=1S/C17H11NO2S/c18-10-12-4-3-5-13(8-12)11-20-17(19)16-9-14-6-1-2-7-15(14)21-16/h1-9H,11H2. The fourth-order valence-corrected chi connectivity index (χ4v) is 2.99. The van der Waals surface area contributed by atoms with Crippen molar-refractivity contribution < 1.29 is 9.53 Å². The number of rotatable bonds is 3. The number of esters is 1. The van der Waals surface area contributed by atoms with Gasteiger partial charge in [0.1, 0.15) is 11.5 Å². The topological polar surface area (TPSA) is 50.1 Å². The predicted octanol–water partition coefficient (Wildman–Crippen LogP) is 4.13. The van der Waals surface area contributed by atoms with E-state index in [9.17, 15) is 4.79 Å². The summed E-state index contributed by atoms with van der Waals surface area (Å²) in [7, 11) is 0. The van der Waals surface area contributed by atoms with Gasteiger partial charge < -0.3 is 4.74 Å². The summed E-state index contributed by atoms with van der Waals surface area (Å²) in [5.74, 6) is -0.335. The van der Waals surface area contributed by atoms with E-state index in [1.165, 1.54) is 11.3 Å². The Bertz CT molecular complexity index is 812. The first-order chi connectivity index (χ1) is 10.3. The summed E-state index contributed by atoms with van der Waals surface area (Å²) in [6.07, 6.45) is 0. The number of carbonyl (C=O) groups excluding carboxylic acids is 1. The Balaban J connectivity index is 1.72. The smallest absolute Gasteiger partial charge is 0.348 e. The van der Waals surface area contributed by atoms with Gasteiger partial charge in [-0.15, -0.1) is 11.3 Å². The van der Waals surface area contributed by atoms with E-state index in [0.29, 0.717) is 10.4 Å². The summed E-state index contributed by atoms with van der Waals surface area (Å²) in [5.41, 5.74) is 1.37. The lowest BCUT2D eigenvalue weighted by Gasteiger charge is -2.03. The van der Waals surface area contributed by atoms with Gasteiger partial charge in [-0.1, -0.05) is 30.3 Å². The Labute approximate surface area is 126 Å². The van der Waals surface area contributed by atoms with Crippen LogP contribution in [0.5, 0.6) is 0 Å². The molecule has 4 heteroatoms. The van der Waals surface area contributed by atoms with Gasteiger partial charge in [-0.05, 0) is 35.2 Å². The maximum Gasteiger partial charge on any atom is 0.348 e. The van der Waals surface area contributed by atoms with E-state index in [1.54, 1.807) is 18.2 Å². The zero-order chi connectivity index (χ0) is 14.7. The SMILES string of the molecule is N#Cc1cccc(COC(=O)c2cc3ccccc3s2)c1. The van der Waals surface area contributed by atoms with Gasteiger partial charge in [-0.3, -0.25) is 0 Å². The predicted molar refractivity (Wildman–Crippen MR) is 82.1 cm³/mol. The highest BCUT2D eigenvalue weighted by Gasteiger charge is 2.11. The number of nitriles is 1. The number of hydrogen-bond donors (Lipinski definition) is 0. The minimum absolute atomic E-state index is 0.169. The normalized spacial score (nSPS) is 10.2. The molecule has 0 spiro atoms. The van der Waals surface area contributed by atoms with Crippen molar-refractivity contribution in [3.05, 3.63) is 70.6 Å². The van der Waals surface area contributed by atoms with Crippen LogP contribution in [0.2, 0.25) is 0 Å². The van der Waals surface area contributed by atoms with Gasteiger partial charge in [0.05, 0.1) is 11.6 Å². The summed E-state index contributed by atoms with van der Waals surface area (Å²) < 4.78 is 6.37. The molecule has 1 heterocycles. The molecule has 0 unspecified atom stereocenters. The molecule has 3 rings (SSSR count). The molecular formula is C17H11NO2S. The molecule has 0 fully saturated rings. The third kappa shape index (κ3) is 2.93. The van der Waals surface area contributed by atoms with Crippen LogP contribution in [0.15, 0.2) is 54.6 Å². The van der Waals surface area contributed by atoms with E-state index in [1.807, 2.05) is 36.4 Å². The Hall–Kier alpha value is -2.64. The van der Waals surface area contributed by atoms with E-state index in [4.69, 9.17) is 10.00 Å². The van der Waals surface area contributed by atoms with Gasteiger partial charge in [0, 0.05) is 4.70 Å². The van der Waals surface area contributed by atoms with Crippen molar-refractivity contribution in [2.75, 3.05) is 0 Å². The first kappa shape index (κ1) is 13.3. The average molecular weight is 293 g/mol. The molecule has 0 aliphatic carbocycles. The molecule has 0 saturated carbocycles. The molecular weight excluding hydrogens is 282 g/mol. The third-order valence-corrected chi connectivity index (χ3v) is 4.15. The highest BCUT2D eigenvalue weighted by atomic mass is 32.1. The van der Waals surface area contributed by atoms with Crippen LogP contribution in [0, 0.1) is 11.3 Å². The third-order valence-electron chi connectivity index (χ3n) is 3.05. The summed E-state index contributed by atoms with van der Waals surface area (Å²) in [6.45, 7) is 0.169. The van der Waals surface area contributed by atoms with E-state index in [-0.39, 0.29) is 12.6 Å². The molecule has 0 aliphatic rings. The van der Waals surface area contributed by atoms with Crippen LogP contribution >= 0.6 is 11.3 Å². The highest BCUT2D eigenvalue weighted by molar-refractivity contribution is 7.20. The summed E-state index contributed by atoms with van der Waals surface area (Å²) in [4.78, 5) is 12.7. The molecule has 2 aromatic carbocycles. The molecule has 0 amide bonds. The minimum Gasteiger partial charge on any atom is -0.457 e. The monoisotopic (exact) mass is 293 g/mol. The van der Waals surface area contributed by atoms with Gasteiger partial charge in [-0.25, -0.2) is 4.79 Å². The summed E-state index contributed by atoms with van der Waals surface area (Å²) in [5, 5.41) is 9.88. The van der Waals surface area contributed by atoms with E-state index in [0.717, 1.165) is 15.6 Å². The molecule has 0 bridgehead atoms. The van der Waals surface area contributed by atoms with Crippen LogP contribution in [-0.4, -0.2) is 5.97 Å². The Morgan fingerprint density at radius 1 is 1.14 bits per heavy atom. The van der Waals surface area contributed by atoms with Gasteiger partial charge in [0.25, 0.3) is 0 Å². The Kier molecular flexibility index (Phi) is 3.67. The number of fused-ring (bicyclic) bond motifs is 1. The second-order valence-electron chi connectivity index (χ2n) is 4.54. The zero-order valence-corrected chi connectivity index (χ0v) is 11.9. The lowest BCUT2D eigenvalue weighted by Crippen LogP contribution is -2.03. The first-order valence-electron chi connectivity index (χ1n) is 6.41. The zero-order valence-electron chi connectivity index (χ0n) is 11.1. The fraction of sp³-hybridized carbons (Fsp3) is 0.0588. The summed E-state index contributed by atoms with van der Waals surface area (Å²) in [6, 6.07) is 18.8. The highest BCUT2D eigenvalue weighted by Crippen LogP contribution is 2.26. The Morgan fingerprint density at radius 2 is 2.00 bits per heavy atom. The van der Waals surface area contributed by atoms with Gasteiger partial charge in [0.2, 0.25) is 0 Å². The van der Waals surface area contributed by atoms with Crippen LogP contribution in [-0.2, 0) is 11.3 Å². The minimum atomic E-state index is -0.335. The van der Waals surface area contributed by atoms with Crippen LogP contribution in [0.1, 0.15) is 20.8 Å². The second-order valence-corrected chi connectivity index (χ2v) is 5.62. The fourth-order valence-electron chi connectivity index (χ4n) is 2.03. The van der Waals surface area contributed by atoms with Gasteiger partial charge in [0.15, 0.2) is 0 Å². The number of nitrogens with zero attached hydrogens (tertiary/aromatic N) is 1. The molecule has 21 heavy (non-hydrogen) atoms. The lowest BCUT2D eigenvalue weighted by molar-refractivity contribution is 0.0478. The molecule has 0 aliphatic heterocycles. The number of benzene rings is 2. The van der Waals surface area contributed by atoms with E-state index in [2.05, 4.69) is 6.07 Å². The van der Waals surface area contributed by atoms with Gasteiger partial charge in [-0.2, -0.15) is 5.26 Å². The number of hydrogen-bond acceptors (Lipinski definition) is 4. The van der Waals surface area contributed by atoms with Crippen LogP contribution in [0.25, 0.3) is 10.1 Å². The molecule has 3 aromatic rings. The molecule has 0 saturated heterocycles. The lowest BCUT2D eigenvalue weighted by atomic mass is 10.1. The van der Waals surface area contributed by atoms with Crippen molar-refractivity contribution in [2.24, 2.45) is 0 Å². The van der Waals surface area contributed by atoms with Crippen molar-refractivity contribution in [1.82, 2.24) is 0 Å². The molecule has 3 nitrogen and oxygen atoms in total. The van der Waals surface area contributed by atoms with E-state index >= 15 is 0 Å². The van der Waals surface area contributed by atoms with Crippen molar-refractivity contribution in [3.8, 4) is 6.07 Å². The summed E-state index contributed by atoms with van der Waals surface area (Å²) >= 11 is 1.42. The molecule has 0 radical (unpaired) electrons. The van der Waals surface area contributed by atoms with E-state index < -0.39 is 0 Å². The Morgan fingerprint density at radius 3 is 2.81 bits per heavy atom. The number of carbonyl (C=O) groups is 1. The van der Waals surface area contributed by atoms with Crippen LogP contribution in [0.3, 0.4) is 0 Å². The average Bonchev–Trinajstić information content (AvgIpc) is 2.97.